The Kier molecular flexibility index (Phi) is 4.32. The van der Waals surface area contributed by atoms with E-state index in [-0.39, 0.29) is 18.0 Å². The van der Waals surface area contributed by atoms with Crippen LogP contribution in [0.15, 0.2) is 0 Å². The Labute approximate surface area is 96.2 Å². The van der Waals surface area contributed by atoms with Gasteiger partial charge in [-0.2, -0.15) is 0 Å². The molecule has 0 aromatic carbocycles. The molecule has 2 aliphatic rings. The zero-order chi connectivity index (χ0) is 11.4. The Morgan fingerprint density at radius 1 is 1.31 bits per heavy atom. The van der Waals surface area contributed by atoms with Gasteiger partial charge in [-0.05, 0) is 25.7 Å². The topological polar surface area (TPSA) is 44.8 Å². The predicted octanol–water partition coefficient (Wildman–Crippen LogP) is 1.18. The van der Waals surface area contributed by atoms with Crippen LogP contribution in [0.25, 0.3) is 0 Å². The van der Waals surface area contributed by atoms with Crippen molar-refractivity contribution in [2.24, 2.45) is 5.92 Å². The molecule has 2 atom stereocenters. The number of ether oxygens (including phenoxy) is 3. The molecule has 4 heteroatoms. The van der Waals surface area contributed by atoms with Crippen molar-refractivity contribution in [3.63, 3.8) is 0 Å². The van der Waals surface area contributed by atoms with Crippen molar-refractivity contribution in [1.29, 1.82) is 0 Å². The van der Waals surface area contributed by atoms with Crippen molar-refractivity contribution >= 4 is 5.78 Å². The second-order valence-electron chi connectivity index (χ2n) is 4.47. The monoisotopic (exact) mass is 228 g/mol. The maximum absolute atomic E-state index is 11.3. The number of hydrogen-bond acceptors (Lipinski definition) is 4. The maximum Gasteiger partial charge on any atom is 0.166 e. The first-order valence-corrected chi connectivity index (χ1v) is 6.15. The Morgan fingerprint density at radius 2 is 2.06 bits per heavy atom. The van der Waals surface area contributed by atoms with Crippen molar-refractivity contribution < 1.29 is 19.0 Å². The van der Waals surface area contributed by atoms with Gasteiger partial charge < -0.3 is 14.2 Å². The molecular formula is C12H20O4. The van der Waals surface area contributed by atoms with Crippen molar-refractivity contribution in [2.45, 2.75) is 38.4 Å². The van der Waals surface area contributed by atoms with Crippen LogP contribution >= 0.6 is 0 Å². The van der Waals surface area contributed by atoms with E-state index >= 15 is 0 Å². The lowest BCUT2D eigenvalue weighted by Crippen LogP contribution is -2.51. The molecule has 1 heterocycles. The lowest BCUT2D eigenvalue weighted by atomic mass is 9.89. The summed E-state index contributed by atoms with van der Waals surface area (Å²) in [5.41, 5.74) is 0. The molecule has 0 radical (unpaired) electrons. The second kappa shape index (κ2) is 5.75. The standard InChI is InChI=1S/C12H20O4/c1-2-15-12-10(13)7-11(12)16-8-9-3-5-14-6-4-9/h9,11-12H,2-8H2,1H3. The Hall–Kier alpha value is -0.450. The Bertz CT molecular complexity index is 235. The molecule has 0 aromatic heterocycles. The summed E-state index contributed by atoms with van der Waals surface area (Å²) in [6.45, 7) is 4.90. The van der Waals surface area contributed by atoms with E-state index in [4.69, 9.17) is 14.2 Å². The number of ketones is 1. The first-order chi connectivity index (χ1) is 7.81. The van der Waals surface area contributed by atoms with Crippen LogP contribution in [0.5, 0.6) is 0 Å². The number of carbonyl (C=O) groups excluding carboxylic acids is 1. The molecular weight excluding hydrogens is 208 g/mol. The molecule has 1 saturated heterocycles. The molecule has 2 unspecified atom stereocenters. The van der Waals surface area contributed by atoms with Gasteiger partial charge in [0.25, 0.3) is 0 Å². The summed E-state index contributed by atoms with van der Waals surface area (Å²) in [6, 6.07) is 0. The van der Waals surface area contributed by atoms with Crippen LogP contribution in [-0.2, 0) is 19.0 Å². The van der Waals surface area contributed by atoms with E-state index in [1.54, 1.807) is 0 Å². The van der Waals surface area contributed by atoms with Gasteiger partial charge in [0.05, 0.1) is 12.7 Å². The molecule has 16 heavy (non-hydrogen) atoms. The van der Waals surface area contributed by atoms with Crippen LogP contribution < -0.4 is 0 Å². The van der Waals surface area contributed by atoms with E-state index in [1.165, 1.54) is 0 Å². The molecule has 1 saturated carbocycles. The largest absolute Gasteiger partial charge is 0.381 e. The molecule has 4 nitrogen and oxygen atoms in total. The van der Waals surface area contributed by atoms with Gasteiger partial charge >= 0.3 is 0 Å². The third-order valence-corrected chi connectivity index (χ3v) is 3.29. The summed E-state index contributed by atoms with van der Waals surface area (Å²) in [6.07, 6.45) is 2.36. The fourth-order valence-electron chi connectivity index (χ4n) is 2.17. The van der Waals surface area contributed by atoms with E-state index in [0.29, 0.717) is 18.9 Å². The van der Waals surface area contributed by atoms with E-state index in [0.717, 1.165) is 32.7 Å². The minimum atomic E-state index is -0.301. The van der Waals surface area contributed by atoms with Gasteiger partial charge in [-0.1, -0.05) is 0 Å². The highest BCUT2D eigenvalue weighted by atomic mass is 16.5. The van der Waals surface area contributed by atoms with Crippen LogP contribution in [0.1, 0.15) is 26.2 Å². The second-order valence-corrected chi connectivity index (χ2v) is 4.47. The van der Waals surface area contributed by atoms with E-state index < -0.39 is 0 Å². The summed E-state index contributed by atoms with van der Waals surface area (Å²) < 4.78 is 16.4. The molecule has 2 fully saturated rings. The average molecular weight is 228 g/mol. The smallest absolute Gasteiger partial charge is 0.166 e. The predicted molar refractivity (Wildman–Crippen MR) is 58.3 cm³/mol. The van der Waals surface area contributed by atoms with E-state index in [9.17, 15) is 4.79 Å². The van der Waals surface area contributed by atoms with Crippen LogP contribution in [0.4, 0.5) is 0 Å². The maximum atomic E-state index is 11.3. The number of carbonyl (C=O) groups is 1. The highest BCUT2D eigenvalue weighted by Gasteiger charge is 2.41. The Balaban J connectivity index is 1.67. The lowest BCUT2D eigenvalue weighted by Gasteiger charge is -2.35. The Morgan fingerprint density at radius 3 is 2.69 bits per heavy atom. The molecule has 1 aliphatic heterocycles. The molecule has 0 spiro atoms. The SMILES string of the molecule is CCOC1C(=O)CC1OCC1CCOCC1. The third kappa shape index (κ3) is 2.81. The number of Topliss-reactive ketones (excluding diaryl/α,β-unsaturated/α-hetero) is 1. The van der Waals surface area contributed by atoms with Crippen LogP contribution in [0, 0.1) is 5.92 Å². The molecule has 2 rings (SSSR count). The molecule has 0 N–H and O–H groups in total. The van der Waals surface area contributed by atoms with Gasteiger partial charge in [0.1, 0.15) is 6.10 Å². The number of hydrogen-bond donors (Lipinski definition) is 0. The van der Waals surface area contributed by atoms with E-state index in [2.05, 4.69) is 0 Å². The van der Waals surface area contributed by atoms with Gasteiger partial charge in [0.2, 0.25) is 0 Å². The van der Waals surface area contributed by atoms with Crippen LogP contribution in [0.3, 0.4) is 0 Å². The van der Waals surface area contributed by atoms with Gasteiger partial charge in [-0.15, -0.1) is 0 Å². The minimum absolute atomic E-state index is 0.00436. The highest BCUT2D eigenvalue weighted by molar-refractivity contribution is 5.90. The fourth-order valence-corrected chi connectivity index (χ4v) is 2.17. The van der Waals surface area contributed by atoms with Crippen molar-refractivity contribution in [3.05, 3.63) is 0 Å². The fraction of sp³-hybridized carbons (Fsp3) is 0.917. The summed E-state index contributed by atoms with van der Waals surface area (Å²) in [5, 5.41) is 0. The van der Waals surface area contributed by atoms with Crippen molar-refractivity contribution in [2.75, 3.05) is 26.4 Å². The first-order valence-electron chi connectivity index (χ1n) is 6.15. The average Bonchev–Trinajstić information content (AvgIpc) is 2.32. The summed E-state index contributed by atoms with van der Waals surface area (Å²) in [7, 11) is 0. The van der Waals surface area contributed by atoms with Gasteiger partial charge in [-0.3, -0.25) is 4.79 Å². The highest BCUT2D eigenvalue weighted by Crippen LogP contribution is 2.25. The van der Waals surface area contributed by atoms with Gasteiger partial charge in [0, 0.05) is 26.2 Å². The molecule has 0 bridgehead atoms. The van der Waals surface area contributed by atoms with Gasteiger partial charge in [0.15, 0.2) is 5.78 Å². The zero-order valence-electron chi connectivity index (χ0n) is 9.81. The first kappa shape index (κ1) is 12.0. The summed E-state index contributed by atoms with van der Waals surface area (Å²) in [5.74, 6) is 0.769. The quantitative estimate of drug-likeness (QED) is 0.708. The van der Waals surface area contributed by atoms with Crippen molar-refractivity contribution in [3.8, 4) is 0 Å². The summed E-state index contributed by atoms with van der Waals surface area (Å²) in [4.78, 5) is 11.3. The summed E-state index contributed by atoms with van der Waals surface area (Å²) >= 11 is 0. The minimum Gasteiger partial charge on any atom is -0.381 e. The number of rotatable bonds is 5. The van der Waals surface area contributed by atoms with E-state index in [1.807, 2.05) is 6.92 Å². The third-order valence-electron chi connectivity index (χ3n) is 3.29. The van der Waals surface area contributed by atoms with Gasteiger partial charge in [-0.25, -0.2) is 0 Å². The normalized spacial score (nSPS) is 31.4. The zero-order valence-corrected chi connectivity index (χ0v) is 9.81. The van der Waals surface area contributed by atoms with Crippen LogP contribution in [-0.4, -0.2) is 44.4 Å². The van der Waals surface area contributed by atoms with Crippen LogP contribution in [0.2, 0.25) is 0 Å². The molecule has 1 aliphatic carbocycles. The molecule has 92 valence electrons. The van der Waals surface area contributed by atoms with Crippen molar-refractivity contribution in [1.82, 2.24) is 0 Å². The lowest BCUT2D eigenvalue weighted by molar-refractivity contribution is -0.168. The molecule has 0 aromatic rings. The molecule has 0 amide bonds.